The van der Waals surface area contributed by atoms with E-state index in [-0.39, 0.29) is 29.6 Å². The van der Waals surface area contributed by atoms with Crippen molar-refractivity contribution >= 4 is 29.9 Å². The number of ether oxygens (including phenoxy) is 2. The number of hydrogen-bond acceptors (Lipinski definition) is 4. The van der Waals surface area contributed by atoms with Crippen molar-refractivity contribution in [3.63, 3.8) is 0 Å². The summed E-state index contributed by atoms with van der Waals surface area (Å²) in [7, 11) is 1.78. The van der Waals surface area contributed by atoms with Gasteiger partial charge in [0.25, 0.3) is 0 Å². The third-order valence-corrected chi connectivity index (χ3v) is 4.58. The molecule has 2 aliphatic rings. The van der Waals surface area contributed by atoms with Crippen LogP contribution in [0, 0.1) is 5.92 Å². The zero-order chi connectivity index (χ0) is 16.8. The molecule has 1 atom stereocenters. The number of aliphatic imine (C=N–C) groups is 1. The van der Waals surface area contributed by atoms with Gasteiger partial charge in [-0.25, -0.2) is 4.98 Å². The molecule has 2 fully saturated rings. The number of aromatic nitrogens is 1. The SMILES string of the molecule is CN=C(NCc1ccnc(OCC2CC2)c1)NCC1(C)CCCO1.I. The second-order valence-corrected chi connectivity index (χ2v) is 6.94. The standard InChI is InChI=1S/C18H28N4O2.HI/c1-18(7-3-9-24-18)13-22-17(19-2)21-11-15-6-8-20-16(10-15)23-12-14-4-5-14;/h6,8,10,14H,3-5,7,9,11-13H2,1-2H3,(H2,19,21,22);1H. The third-order valence-electron chi connectivity index (χ3n) is 4.58. The van der Waals surface area contributed by atoms with Crippen LogP contribution in [0.4, 0.5) is 0 Å². The van der Waals surface area contributed by atoms with E-state index in [1.165, 1.54) is 12.8 Å². The van der Waals surface area contributed by atoms with Crippen LogP contribution in [0.2, 0.25) is 0 Å². The van der Waals surface area contributed by atoms with Gasteiger partial charge in [0.1, 0.15) is 0 Å². The maximum absolute atomic E-state index is 5.80. The first-order valence-electron chi connectivity index (χ1n) is 8.83. The summed E-state index contributed by atoms with van der Waals surface area (Å²) in [6.07, 6.45) is 6.58. The van der Waals surface area contributed by atoms with E-state index in [0.29, 0.717) is 12.4 Å². The molecule has 0 aromatic carbocycles. The molecule has 0 amide bonds. The fourth-order valence-corrected chi connectivity index (χ4v) is 2.78. The summed E-state index contributed by atoms with van der Waals surface area (Å²) < 4.78 is 11.5. The van der Waals surface area contributed by atoms with Gasteiger partial charge in [-0.2, -0.15) is 0 Å². The van der Waals surface area contributed by atoms with E-state index in [0.717, 1.165) is 50.0 Å². The van der Waals surface area contributed by atoms with E-state index >= 15 is 0 Å². The molecule has 1 saturated carbocycles. The summed E-state index contributed by atoms with van der Waals surface area (Å²) in [5, 5.41) is 6.68. The molecule has 1 saturated heterocycles. The highest BCUT2D eigenvalue weighted by Gasteiger charge is 2.29. The van der Waals surface area contributed by atoms with E-state index < -0.39 is 0 Å². The lowest BCUT2D eigenvalue weighted by atomic mass is 10.0. The van der Waals surface area contributed by atoms with Crippen LogP contribution in [-0.4, -0.2) is 43.4 Å². The average Bonchev–Trinajstić information content (AvgIpc) is 3.33. The van der Waals surface area contributed by atoms with Gasteiger partial charge in [0.15, 0.2) is 5.96 Å². The van der Waals surface area contributed by atoms with Crippen molar-refractivity contribution < 1.29 is 9.47 Å². The molecule has 25 heavy (non-hydrogen) atoms. The van der Waals surface area contributed by atoms with E-state index in [1.807, 2.05) is 12.1 Å². The van der Waals surface area contributed by atoms with E-state index in [4.69, 9.17) is 9.47 Å². The highest BCUT2D eigenvalue weighted by molar-refractivity contribution is 14.0. The van der Waals surface area contributed by atoms with Crippen molar-refractivity contribution in [2.45, 2.75) is 44.8 Å². The second-order valence-electron chi connectivity index (χ2n) is 6.94. The Morgan fingerprint density at radius 2 is 2.28 bits per heavy atom. The van der Waals surface area contributed by atoms with Crippen LogP contribution >= 0.6 is 24.0 Å². The smallest absolute Gasteiger partial charge is 0.213 e. The Morgan fingerprint density at radius 1 is 1.44 bits per heavy atom. The van der Waals surface area contributed by atoms with Gasteiger partial charge in [0.05, 0.1) is 12.2 Å². The molecule has 7 heteroatoms. The first kappa shape index (κ1) is 20.2. The zero-order valence-corrected chi connectivity index (χ0v) is 17.4. The molecule has 1 aliphatic carbocycles. The van der Waals surface area contributed by atoms with Gasteiger partial charge in [-0.05, 0) is 50.2 Å². The van der Waals surface area contributed by atoms with Crippen LogP contribution in [0.5, 0.6) is 5.88 Å². The van der Waals surface area contributed by atoms with Crippen molar-refractivity contribution in [2.75, 3.05) is 26.8 Å². The lowest BCUT2D eigenvalue weighted by Crippen LogP contribution is -2.45. The van der Waals surface area contributed by atoms with E-state index in [1.54, 1.807) is 13.2 Å². The number of halogens is 1. The molecule has 2 N–H and O–H groups in total. The Kier molecular flexibility index (Phi) is 7.74. The lowest BCUT2D eigenvalue weighted by molar-refractivity contribution is 0.0243. The maximum Gasteiger partial charge on any atom is 0.213 e. The summed E-state index contributed by atoms with van der Waals surface area (Å²) in [5.41, 5.74) is 1.04. The van der Waals surface area contributed by atoms with Crippen LogP contribution in [0.1, 0.15) is 38.2 Å². The largest absolute Gasteiger partial charge is 0.477 e. The zero-order valence-electron chi connectivity index (χ0n) is 15.1. The molecular weight excluding hydrogens is 431 g/mol. The minimum atomic E-state index is -0.0852. The minimum absolute atomic E-state index is 0. The molecule has 1 aromatic rings. The first-order valence-corrected chi connectivity index (χ1v) is 8.83. The molecule has 0 bridgehead atoms. The van der Waals surface area contributed by atoms with Crippen LogP contribution in [0.15, 0.2) is 23.3 Å². The van der Waals surface area contributed by atoms with Gasteiger partial charge in [-0.15, -0.1) is 24.0 Å². The summed E-state index contributed by atoms with van der Waals surface area (Å²) in [6, 6.07) is 3.98. The summed E-state index contributed by atoms with van der Waals surface area (Å²) in [5.74, 6) is 2.22. The van der Waals surface area contributed by atoms with Crippen LogP contribution in [0.25, 0.3) is 0 Å². The number of rotatable bonds is 7. The number of hydrogen-bond donors (Lipinski definition) is 2. The molecular formula is C18H29IN4O2. The Labute approximate surface area is 167 Å². The molecule has 0 radical (unpaired) electrons. The van der Waals surface area contributed by atoms with Crippen LogP contribution in [-0.2, 0) is 11.3 Å². The second kappa shape index (κ2) is 9.56. The predicted molar refractivity (Wildman–Crippen MR) is 110 cm³/mol. The normalized spacial score (nSPS) is 23.0. The third kappa shape index (κ3) is 6.62. The number of pyridine rings is 1. The van der Waals surface area contributed by atoms with Gasteiger partial charge in [0.2, 0.25) is 5.88 Å². The topological polar surface area (TPSA) is 67.8 Å². The minimum Gasteiger partial charge on any atom is -0.477 e. The van der Waals surface area contributed by atoms with Gasteiger partial charge in [-0.3, -0.25) is 4.99 Å². The molecule has 140 valence electrons. The van der Waals surface area contributed by atoms with Crippen molar-refractivity contribution in [3.05, 3.63) is 23.9 Å². The highest BCUT2D eigenvalue weighted by Crippen LogP contribution is 2.29. The Bertz CT molecular complexity index is 572. The fraction of sp³-hybridized carbons (Fsp3) is 0.667. The molecule has 1 aromatic heterocycles. The monoisotopic (exact) mass is 460 g/mol. The number of guanidine groups is 1. The molecule has 1 unspecified atom stereocenters. The highest BCUT2D eigenvalue weighted by atomic mass is 127. The van der Waals surface area contributed by atoms with Crippen molar-refractivity contribution in [3.8, 4) is 5.88 Å². The molecule has 1 aliphatic heterocycles. The first-order chi connectivity index (χ1) is 11.7. The lowest BCUT2D eigenvalue weighted by Gasteiger charge is -2.24. The quantitative estimate of drug-likeness (QED) is 0.372. The molecule has 3 rings (SSSR count). The van der Waals surface area contributed by atoms with E-state index in [9.17, 15) is 0 Å². The Hall–Kier alpha value is -1.09. The predicted octanol–water partition coefficient (Wildman–Crippen LogP) is 2.72. The molecule has 6 nitrogen and oxygen atoms in total. The van der Waals surface area contributed by atoms with Crippen LogP contribution < -0.4 is 15.4 Å². The molecule has 2 heterocycles. The average molecular weight is 460 g/mol. The number of nitrogens with one attached hydrogen (secondary N) is 2. The summed E-state index contributed by atoms with van der Waals surface area (Å²) in [4.78, 5) is 8.55. The van der Waals surface area contributed by atoms with Gasteiger partial charge in [0, 0.05) is 39.0 Å². The Morgan fingerprint density at radius 3 is 2.96 bits per heavy atom. The van der Waals surface area contributed by atoms with Gasteiger partial charge in [-0.1, -0.05) is 0 Å². The summed E-state index contributed by atoms with van der Waals surface area (Å²) >= 11 is 0. The van der Waals surface area contributed by atoms with Crippen LogP contribution in [0.3, 0.4) is 0 Å². The van der Waals surface area contributed by atoms with E-state index in [2.05, 4.69) is 27.5 Å². The van der Waals surface area contributed by atoms with Crippen molar-refractivity contribution in [2.24, 2.45) is 10.9 Å². The number of nitrogens with zero attached hydrogens (tertiary/aromatic N) is 2. The van der Waals surface area contributed by atoms with Gasteiger partial charge >= 0.3 is 0 Å². The van der Waals surface area contributed by atoms with Crippen molar-refractivity contribution in [1.82, 2.24) is 15.6 Å². The Balaban J connectivity index is 0.00000225. The molecule has 0 spiro atoms. The summed E-state index contributed by atoms with van der Waals surface area (Å²) in [6.45, 7) is 5.22. The van der Waals surface area contributed by atoms with Gasteiger partial charge < -0.3 is 20.1 Å². The maximum atomic E-state index is 5.80. The van der Waals surface area contributed by atoms with Crippen molar-refractivity contribution in [1.29, 1.82) is 0 Å². The fourth-order valence-electron chi connectivity index (χ4n) is 2.78.